The lowest BCUT2D eigenvalue weighted by Crippen LogP contribution is -2.16. The standard InChI is InChI=1S/C21H17F2NO5/c1-2-27-20(26)17-18(25)16(29-19(17)24-14-6-4-3-5-7-14)12-13-8-10-15(11-9-13)28-21(22)23/h3-12,21,24H,2H2,1H3/b16-12-. The lowest BCUT2D eigenvalue weighted by atomic mass is 10.1. The Kier molecular flexibility index (Phi) is 6.23. The van der Waals surface area contributed by atoms with Crippen molar-refractivity contribution in [2.45, 2.75) is 13.5 Å². The highest BCUT2D eigenvalue weighted by molar-refractivity contribution is 6.26. The van der Waals surface area contributed by atoms with Crippen molar-refractivity contribution in [3.05, 3.63) is 77.4 Å². The number of Topliss-reactive ketones (excluding diaryl/α,β-unsaturated/α-hetero) is 1. The number of carbonyl (C=O) groups is 2. The maximum absolute atomic E-state index is 12.7. The van der Waals surface area contributed by atoms with Gasteiger partial charge in [-0.15, -0.1) is 0 Å². The number of alkyl halides is 2. The van der Waals surface area contributed by atoms with E-state index in [4.69, 9.17) is 9.47 Å². The van der Waals surface area contributed by atoms with Crippen LogP contribution in [-0.2, 0) is 19.1 Å². The Morgan fingerprint density at radius 3 is 2.45 bits per heavy atom. The Hall–Kier alpha value is -3.68. The molecule has 0 atom stereocenters. The van der Waals surface area contributed by atoms with Crippen molar-refractivity contribution < 1.29 is 32.6 Å². The molecule has 1 heterocycles. The molecule has 1 N–H and O–H groups in total. The van der Waals surface area contributed by atoms with Crippen LogP contribution in [0, 0.1) is 0 Å². The van der Waals surface area contributed by atoms with Gasteiger partial charge in [0.2, 0.25) is 11.7 Å². The van der Waals surface area contributed by atoms with E-state index < -0.39 is 18.4 Å². The normalized spacial score (nSPS) is 14.9. The first kappa shape index (κ1) is 20.1. The Bertz CT molecular complexity index is 953. The van der Waals surface area contributed by atoms with E-state index in [9.17, 15) is 18.4 Å². The van der Waals surface area contributed by atoms with Crippen molar-refractivity contribution in [2.75, 3.05) is 11.9 Å². The zero-order valence-corrected chi connectivity index (χ0v) is 15.4. The SMILES string of the molecule is CCOC(=O)C1=C(Nc2ccccc2)O/C(=C\c2ccc(OC(F)F)cc2)C1=O. The summed E-state index contributed by atoms with van der Waals surface area (Å²) in [5.41, 5.74) is 0.866. The number of halogens is 2. The van der Waals surface area contributed by atoms with Gasteiger partial charge in [-0.25, -0.2) is 4.79 Å². The van der Waals surface area contributed by atoms with E-state index >= 15 is 0 Å². The lowest BCUT2D eigenvalue weighted by molar-refractivity contribution is -0.139. The number of esters is 1. The van der Waals surface area contributed by atoms with Crippen LogP contribution in [0.2, 0.25) is 0 Å². The van der Waals surface area contributed by atoms with E-state index in [1.165, 1.54) is 30.3 Å². The predicted octanol–water partition coefficient (Wildman–Crippen LogP) is 4.12. The van der Waals surface area contributed by atoms with Gasteiger partial charge in [-0.05, 0) is 42.8 Å². The van der Waals surface area contributed by atoms with Gasteiger partial charge in [-0.1, -0.05) is 30.3 Å². The van der Waals surface area contributed by atoms with Crippen molar-refractivity contribution in [3.8, 4) is 5.75 Å². The number of carbonyl (C=O) groups excluding carboxylic acids is 2. The van der Waals surface area contributed by atoms with Gasteiger partial charge in [0.1, 0.15) is 5.75 Å². The molecule has 1 aliphatic heterocycles. The van der Waals surface area contributed by atoms with Crippen molar-refractivity contribution >= 4 is 23.5 Å². The first-order chi connectivity index (χ1) is 14.0. The van der Waals surface area contributed by atoms with Gasteiger partial charge < -0.3 is 19.5 Å². The summed E-state index contributed by atoms with van der Waals surface area (Å²) in [6.45, 7) is -1.20. The van der Waals surface area contributed by atoms with Crippen LogP contribution in [0.3, 0.4) is 0 Å². The minimum absolute atomic E-state index is 0.0161. The van der Waals surface area contributed by atoms with Crippen LogP contribution >= 0.6 is 0 Å². The largest absolute Gasteiger partial charge is 0.462 e. The fourth-order valence-corrected chi connectivity index (χ4v) is 2.55. The molecule has 3 rings (SSSR count). The smallest absolute Gasteiger partial charge is 0.387 e. The molecular formula is C21H17F2NO5. The molecule has 0 saturated heterocycles. The van der Waals surface area contributed by atoms with Crippen LogP contribution in [0.1, 0.15) is 12.5 Å². The summed E-state index contributed by atoms with van der Waals surface area (Å²) < 4.78 is 39.3. The summed E-state index contributed by atoms with van der Waals surface area (Å²) in [7, 11) is 0. The summed E-state index contributed by atoms with van der Waals surface area (Å²) in [4.78, 5) is 25.0. The molecule has 0 unspecified atom stereocenters. The molecular weight excluding hydrogens is 384 g/mol. The Morgan fingerprint density at radius 2 is 1.83 bits per heavy atom. The van der Waals surface area contributed by atoms with Gasteiger partial charge in [-0.3, -0.25) is 4.79 Å². The van der Waals surface area contributed by atoms with Crippen molar-refractivity contribution in [3.63, 3.8) is 0 Å². The lowest BCUT2D eigenvalue weighted by Gasteiger charge is -2.08. The number of ketones is 1. The van der Waals surface area contributed by atoms with Gasteiger partial charge in [0.25, 0.3) is 0 Å². The first-order valence-electron chi connectivity index (χ1n) is 8.70. The number of allylic oxidation sites excluding steroid dienone is 1. The minimum Gasteiger partial charge on any atom is -0.462 e. The summed E-state index contributed by atoms with van der Waals surface area (Å²) >= 11 is 0. The fourth-order valence-electron chi connectivity index (χ4n) is 2.55. The number of hydrogen-bond acceptors (Lipinski definition) is 6. The van der Waals surface area contributed by atoms with Crippen LogP contribution in [-0.4, -0.2) is 25.0 Å². The summed E-state index contributed by atoms with van der Waals surface area (Å²) in [5, 5.41) is 2.90. The number of rotatable bonds is 7. The molecule has 2 aromatic rings. The zero-order valence-electron chi connectivity index (χ0n) is 15.4. The third-order valence-corrected chi connectivity index (χ3v) is 3.80. The molecule has 0 aromatic heterocycles. The van der Waals surface area contributed by atoms with E-state index in [-0.39, 0.29) is 29.6 Å². The van der Waals surface area contributed by atoms with Crippen molar-refractivity contribution in [1.82, 2.24) is 0 Å². The molecule has 0 amide bonds. The van der Waals surface area contributed by atoms with Crippen LogP contribution < -0.4 is 10.1 Å². The van der Waals surface area contributed by atoms with E-state index in [0.717, 1.165) is 0 Å². The second-order valence-corrected chi connectivity index (χ2v) is 5.80. The minimum atomic E-state index is -2.93. The van der Waals surface area contributed by atoms with Gasteiger partial charge in [0, 0.05) is 5.69 Å². The second kappa shape index (κ2) is 9.01. The topological polar surface area (TPSA) is 73.9 Å². The third-order valence-electron chi connectivity index (χ3n) is 3.80. The molecule has 0 spiro atoms. The van der Waals surface area contributed by atoms with Crippen LogP contribution in [0.4, 0.5) is 14.5 Å². The third kappa shape index (κ3) is 4.98. The van der Waals surface area contributed by atoms with Gasteiger partial charge in [0.05, 0.1) is 6.61 Å². The molecule has 2 aromatic carbocycles. The number of anilines is 1. The fraction of sp³-hybridized carbons (Fsp3) is 0.143. The predicted molar refractivity (Wildman–Crippen MR) is 101 cm³/mol. The maximum Gasteiger partial charge on any atom is 0.387 e. The molecule has 8 heteroatoms. The van der Waals surface area contributed by atoms with Gasteiger partial charge in [0.15, 0.2) is 11.3 Å². The Balaban J connectivity index is 1.86. The molecule has 6 nitrogen and oxygen atoms in total. The summed E-state index contributed by atoms with van der Waals surface area (Å²) in [6.07, 6.45) is 1.40. The first-order valence-corrected chi connectivity index (χ1v) is 8.70. The van der Waals surface area contributed by atoms with Gasteiger partial charge >= 0.3 is 12.6 Å². The highest BCUT2D eigenvalue weighted by Gasteiger charge is 2.36. The second-order valence-electron chi connectivity index (χ2n) is 5.80. The maximum atomic E-state index is 12.7. The summed E-state index contributed by atoms with van der Waals surface area (Å²) in [5.74, 6) is -1.61. The molecule has 29 heavy (non-hydrogen) atoms. The number of benzene rings is 2. The molecule has 0 radical (unpaired) electrons. The zero-order chi connectivity index (χ0) is 20.8. The molecule has 0 aliphatic carbocycles. The number of para-hydroxylation sites is 1. The number of ether oxygens (including phenoxy) is 3. The van der Waals surface area contributed by atoms with E-state index in [1.807, 2.05) is 6.07 Å². The van der Waals surface area contributed by atoms with Crippen molar-refractivity contribution in [2.24, 2.45) is 0 Å². The summed E-state index contributed by atoms with van der Waals surface area (Å²) in [6, 6.07) is 14.5. The number of hydrogen-bond donors (Lipinski definition) is 1. The molecule has 1 aliphatic rings. The molecule has 0 fully saturated rings. The molecule has 0 bridgehead atoms. The van der Waals surface area contributed by atoms with Crippen LogP contribution in [0.15, 0.2) is 71.8 Å². The molecule has 150 valence electrons. The monoisotopic (exact) mass is 401 g/mol. The van der Waals surface area contributed by atoms with Gasteiger partial charge in [-0.2, -0.15) is 8.78 Å². The van der Waals surface area contributed by atoms with Crippen molar-refractivity contribution in [1.29, 1.82) is 0 Å². The van der Waals surface area contributed by atoms with E-state index in [2.05, 4.69) is 10.1 Å². The van der Waals surface area contributed by atoms with Crippen LogP contribution in [0.25, 0.3) is 6.08 Å². The highest BCUT2D eigenvalue weighted by Crippen LogP contribution is 2.29. The highest BCUT2D eigenvalue weighted by atomic mass is 19.3. The average molecular weight is 401 g/mol. The quantitative estimate of drug-likeness (QED) is 0.428. The van der Waals surface area contributed by atoms with Crippen LogP contribution in [0.5, 0.6) is 5.75 Å². The average Bonchev–Trinajstić information content (AvgIpc) is 2.99. The number of nitrogens with one attached hydrogen (secondary N) is 1. The Morgan fingerprint density at radius 1 is 1.14 bits per heavy atom. The molecule has 0 saturated carbocycles. The van der Waals surface area contributed by atoms with E-state index in [1.54, 1.807) is 31.2 Å². The Labute approximate surface area is 165 Å². The van der Waals surface area contributed by atoms with E-state index in [0.29, 0.717) is 11.3 Å².